The summed E-state index contributed by atoms with van der Waals surface area (Å²) in [6.07, 6.45) is 6.08. The molecule has 0 aliphatic carbocycles. The number of benzene rings is 2. The fraction of sp³-hybridized carbons (Fsp3) is 0.321. The van der Waals surface area contributed by atoms with Crippen LogP contribution in [0.25, 0.3) is 22.2 Å². The zero-order chi connectivity index (χ0) is 24.5. The van der Waals surface area contributed by atoms with Gasteiger partial charge in [-0.05, 0) is 61.8 Å². The lowest BCUT2D eigenvalue weighted by Gasteiger charge is -2.21. The SMILES string of the molecule is C[C@@H](c1ccc(OC[C@@H]2CCCN2C)cc1C(N)=O)c1cc(-c2cnn(C)c2)nc2ccccc12. The summed E-state index contributed by atoms with van der Waals surface area (Å²) in [4.78, 5) is 19.7. The molecule has 1 amide bonds. The minimum absolute atomic E-state index is 0.0872. The number of nitrogens with zero attached hydrogens (tertiary/aromatic N) is 4. The monoisotopic (exact) mass is 469 g/mol. The molecule has 7 heteroatoms. The van der Waals surface area contributed by atoms with E-state index in [0.29, 0.717) is 24.0 Å². The first-order valence-electron chi connectivity index (χ1n) is 12.1. The van der Waals surface area contributed by atoms with Gasteiger partial charge in [-0.15, -0.1) is 0 Å². The number of aryl methyl sites for hydroxylation is 1. The van der Waals surface area contributed by atoms with Gasteiger partial charge in [0.05, 0.1) is 17.4 Å². The third-order valence-electron chi connectivity index (χ3n) is 7.09. The molecule has 0 radical (unpaired) electrons. The Bertz CT molecular complexity index is 1380. The second kappa shape index (κ2) is 9.50. The lowest BCUT2D eigenvalue weighted by molar-refractivity contribution is 0.0998. The standard InChI is InChI=1S/C28H31N5O2/c1-18(22-11-10-21(13-25(22)28(29)34)35-17-20-7-6-12-32(20)2)24-14-27(19-15-30-33(3)16-19)31-26-9-5-4-8-23(24)26/h4-5,8-11,13-16,18,20H,6-7,12,17H2,1-3H3,(H2,29,34)/t18-,20-/m0/s1. The van der Waals surface area contributed by atoms with Gasteiger partial charge in [0.15, 0.2) is 0 Å². The molecular weight excluding hydrogens is 438 g/mol. The minimum Gasteiger partial charge on any atom is -0.492 e. The summed E-state index contributed by atoms with van der Waals surface area (Å²) >= 11 is 0. The van der Waals surface area contributed by atoms with Crippen LogP contribution in [0, 0.1) is 0 Å². The van der Waals surface area contributed by atoms with Crippen molar-refractivity contribution in [2.75, 3.05) is 20.2 Å². The van der Waals surface area contributed by atoms with Crippen LogP contribution < -0.4 is 10.5 Å². The summed E-state index contributed by atoms with van der Waals surface area (Å²) in [6, 6.07) is 16.3. The number of rotatable bonds is 7. The number of hydrogen-bond acceptors (Lipinski definition) is 5. The number of hydrogen-bond donors (Lipinski definition) is 1. The number of carbonyl (C=O) groups is 1. The molecule has 5 rings (SSSR count). The van der Waals surface area contributed by atoms with Crippen LogP contribution in [-0.4, -0.2) is 51.8 Å². The molecule has 2 N–H and O–H groups in total. The zero-order valence-electron chi connectivity index (χ0n) is 20.4. The van der Waals surface area contributed by atoms with Crippen LogP contribution in [-0.2, 0) is 7.05 Å². The third kappa shape index (κ3) is 4.64. The van der Waals surface area contributed by atoms with Crippen molar-refractivity contribution in [3.63, 3.8) is 0 Å². The summed E-state index contributed by atoms with van der Waals surface area (Å²) in [7, 11) is 4.01. The third-order valence-corrected chi connectivity index (χ3v) is 7.09. The Balaban J connectivity index is 1.52. The summed E-state index contributed by atoms with van der Waals surface area (Å²) in [6.45, 7) is 3.80. The van der Waals surface area contributed by atoms with Crippen LogP contribution in [0.3, 0.4) is 0 Å². The Labute approximate surface area is 205 Å². The molecule has 2 atom stereocenters. The molecule has 2 aromatic carbocycles. The lowest BCUT2D eigenvalue weighted by Crippen LogP contribution is -2.30. The molecule has 4 aromatic rings. The van der Waals surface area contributed by atoms with Crippen molar-refractivity contribution in [2.45, 2.75) is 31.7 Å². The highest BCUT2D eigenvalue weighted by Crippen LogP contribution is 2.35. The molecule has 3 heterocycles. The average molecular weight is 470 g/mol. The topological polar surface area (TPSA) is 86.3 Å². The highest BCUT2D eigenvalue weighted by Gasteiger charge is 2.23. The number of nitrogens with two attached hydrogens (primary N) is 1. The second-order valence-corrected chi connectivity index (χ2v) is 9.44. The molecule has 1 fully saturated rings. The van der Waals surface area contributed by atoms with Crippen LogP contribution in [0.2, 0.25) is 0 Å². The number of aromatic nitrogens is 3. The maximum absolute atomic E-state index is 12.5. The van der Waals surface area contributed by atoms with Gasteiger partial charge >= 0.3 is 0 Å². The van der Waals surface area contributed by atoms with Crippen molar-refractivity contribution in [2.24, 2.45) is 12.8 Å². The zero-order valence-corrected chi connectivity index (χ0v) is 20.4. The molecule has 35 heavy (non-hydrogen) atoms. The van der Waals surface area contributed by atoms with Gasteiger partial charge in [0.25, 0.3) is 0 Å². The van der Waals surface area contributed by atoms with E-state index in [4.69, 9.17) is 15.5 Å². The molecule has 1 aliphatic rings. The van der Waals surface area contributed by atoms with Gasteiger partial charge in [-0.3, -0.25) is 9.48 Å². The van der Waals surface area contributed by atoms with Crippen molar-refractivity contribution in [1.82, 2.24) is 19.7 Å². The normalized spacial score (nSPS) is 17.1. The van der Waals surface area contributed by atoms with Crippen LogP contribution in [0.1, 0.15) is 47.2 Å². The predicted octanol–water partition coefficient (Wildman–Crippen LogP) is 4.36. The smallest absolute Gasteiger partial charge is 0.249 e. The highest BCUT2D eigenvalue weighted by molar-refractivity contribution is 5.95. The fourth-order valence-electron chi connectivity index (χ4n) is 5.03. The first-order valence-corrected chi connectivity index (χ1v) is 12.1. The Hall–Kier alpha value is -3.71. The van der Waals surface area contributed by atoms with E-state index < -0.39 is 5.91 Å². The van der Waals surface area contributed by atoms with Crippen LogP contribution in [0.15, 0.2) is 60.9 Å². The quantitative estimate of drug-likeness (QED) is 0.435. The largest absolute Gasteiger partial charge is 0.492 e. The van der Waals surface area contributed by atoms with Crippen molar-refractivity contribution in [3.05, 3.63) is 77.6 Å². The van der Waals surface area contributed by atoms with Gasteiger partial charge < -0.3 is 15.4 Å². The average Bonchev–Trinajstić information content (AvgIpc) is 3.49. The molecule has 1 saturated heterocycles. The van der Waals surface area contributed by atoms with Crippen LogP contribution in [0.5, 0.6) is 5.75 Å². The molecule has 180 valence electrons. The number of likely N-dealkylation sites (tertiary alicyclic amines) is 1. The Morgan fingerprint density at radius 3 is 2.71 bits per heavy atom. The molecule has 0 bridgehead atoms. The molecule has 0 unspecified atom stereocenters. The van der Waals surface area contributed by atoms with E-state index in [0.717, 1.165) is 46.3 Å². The van der Waals surface area contributed by atoms with E-state index in [1.54, 1.807) is 10.7 Å². The van der Waals surface area contributed by atoms with E-state index in [-0.39, 0.29) is 5.92 Å². The molecule has 7 nitrogen and oxygen atoms in total. The van der Waals surface area contributed by atoms with E-state index in [1.807, 2.05) is 49.8 Å². The molecule has 2 aromatic heterocycles. The minimum atomic E-state index is -0.457. The van der Waals surface area contributed by atoms with Crippen molar-refractivity contribution < 1.29 is 9.53 Å². The Morgan fingerprint density at radius 2 is 2.00 bits per heavy atom. The number of primary amides is 1. The van der Waals surface area contributed by atoms with Crippen molar-refractivity contribution in [3.8, 4) is 17.0 Å². The number of para-hydroxylation sites is 1. The number of pyridine rings is 1. The van der Waals surface area contributed by atoms with E-state index >= 15 is 0 Å². The molecule has 0 spiro atoms. The van der Waals surface area contributed by atoms with Gasteiger partial charge in [-0.25, -0.2) is 4.98 Å². The number of ether oxygens (including phenoxy) is 1. The van der Waals surface area contributed by atoms with Crippen molar-refractivity contribution >= 4 is 16.8 Å². The lowest BCUT2D eigenvalue weighted by atomic mass is 9.86. The molecular formula is C28H31N5O2. The van der Waals surface area contributed by atoms with Crippen LogP contribution >= 0.6 is 0 Å². The number of amides is 1. The first-order chi connectivity index (χ1) is 16.9. The maximum Gasteiger partial charge on any atom is 0.249 e. The summed E-state index contributed by atoms with van der Waals surface area (Å²) in [5.41, 5.74) is 11.0. The van der Waals surface area contributed by atoms with Crippen LogP contribution in [0.4, 0.5) is 0 Å². The first kappa shape index (κ1) is 23.1. The van der Waals surface area contributed by atoms with E-state index in [2.05, 4.69) is 36.1 Å². The van der Waals surface area contributed by atoms with Gasteiger partial charge in [0.1, 0.15) is 12.4 Å². The van der Waals surface area contributed by atoms with E-state index in [9.17, 15) is 4.79 Å². The summed E-state index contributed by atoms with van der Waals surface area (Å²) < 4.78 is 7.84. The Morgan fingerprint density at radius 1 is 1.17 bits per heavy atom. The highest BCUT2D eigenvalue weighted by atomic mass is 16.5. The fourth-order valence-corrected chi connectivity index (χ4v) is 5.03. The van der Waals surface area contributed by atoms with Crippen molar-refractivity contribution in [1.29, 1.82) is 0 Å². The summed E-state index contributed by atoms with van der Waals surface area (Å²) in [5, 5.41) is 5.35. The number of carbonyl (C=O) groups excluding carboxylic acids is 1. The predicted molar refractivity (Wildman–Crippen MR) is 138 cm³/mol. The van der Waals surface area contributed by atoms with Gasteiger partial charge in [-0.1, -0.05) is 31.2 Å². The Kier molecular flexibility index (Phi) is 6.26. The van der Waals surface area contributed by atoms with Gasteiger partial charge in [0, 0.05) is 41.7 Å². The molecule has 0 saturated carbocycles. The van der Waals surface area contributed by atoms with Gasteiger partial charge in [-0.2, -0.15) is 5.10 Å². The number of likely N-dealkylation sites (N-methyl/N-ethyl adjacent to an activating group) is 1. The summed E-state index contributed by atoms with van der Waals surface area (Å²) in [5.74, 6) is 0.127. The number of fused-ring (bicyclic) bond motifs is 1. The van der Waals surface area contributed by atoms with E-state index in [1.165, 1.54) is 6.42 Å². The van der Waals surface area contributed by atoms with Gasteiger partial charge in [0.2, 0.25) is 5.91 Å². The molecule has 1 aliphatic heterocycles. The second-order valence-electron chi connectivity index (χ2n) is 9.44. The maximum atomic E-state index is 12.5.